The van der Waals surface area contributed by atoms with Gasteiger partial charge in [-0.25, -0.2) is 4.79 Å². The van der Waals surface area contributed by atoms with E-state index in [9.17, 15) is 4.79 Å². The van der Waals surface area contributed by atoms with E-state index in [2.05, 4.69) is 0 Å². The van der Waals surface area contributed by atoms with Gasteiger partial charge in [0, 0.05) is 51.4 Å². The summed E-state index contributed by atoms with van der Waals surface area (Å²) in [4.78, 5) is 9.45. The van der Waals surface area contributed by atoms with Crippen molar-refractivity contribution in [2.75, 3.05) is 0 Å². The summed E-state index contributed by atoms with van der Waals surface area (Å²) >= 11 is 0. The Morgan fingerprint density at radius 1 is 1.71 bits per heavy atom. The Balaban J connectivity index is 0. The van der Waals surface area contributed by atoms with E-state index in [0.717, 1.165) is 0 Å². The third-order valence-corrected chi connectivity index (χ3v) is 0.357. The first-order valence-corrected chi connectivity index (χ1v) is 1.55. The van der Waals surface area contributed by atoms with Gasteiger partial charge in [-0.3, -0.25) is 0 Å². The van der Waals surface area contributed by atoms with Gasteiger partial charge in [-0.05, 0) is 6.92 Å². The molecule has 0 aliphatic heterocycles. The molecule has 3 nitrogen and oxygen atoms in total. The smallest absolute Gasteiger partial charge is 0.332 e. The number of carboxylic acid groups (broad SMARTS) is 1. The fourth-order valence-corrected chi connectivity index (χ4v) is 0. The van der Waals surface area contributed by atoms with Crippen molar-refractivity contribution in [3.63, 3.8) is 0 Å². The van der Waals surface area contributed by atoms with E-state index in [-0.39, 0.29) is 51.4 Å². The number of hydrogen-bond donors (Lipinski definition) is 2. The van der Waals surface area contributed by atoms with Crippen molar-refractivity contribution in [3.8, 4) is 0 Å². The molecule has 2 N–H and O–H groups in total. The van der Waals surface area contributed by atoms with Gasteiger partial charge >= 0.3 is 5.97 Å². The van der Waals surface area contributed by atoms with Gasteiger partial charge in [0.15, 0.2) is 0 Å². The first kappa shape index (κ1) is 10.9. The van der Waals surface area contributed by atoms with Crippen LogP contribution in [-0.4, -0.2) is 73.7 Å². The minimum Gasteiger partial charge on any atom is -0.479 e. The van der Waals surface area contributed by atoms with Crippen molar-refractivity contribution in [1.29, 1.82) is 0 Å². The molecule has 1 atom stereocenters. The van der Waals surface area contributed by atoms with E-state index in [0.29, 0.717) is 0 Å². The van der Waals surface area contributed by atoms with Crippen molar-refractivity contribution in [3.05, 3.63) is 0 Å². The second kappa shape index (κ2) is 5.21. The van der Waals surface area contributed by atoms with Crippen LogP contribution in [-0.2, 0) is 4.79 Å². The van der Waals surface area contributed by atoms with E-state index >= 15 is 0 Å². The van der Waals surface area contributed by atoms with Gasteiger partial charge < -0.3 is 10.2 Å². The average molecular weight is 129 g/mol. The van der Waals surface area contributed by atoms with E-state index in [1.807, 2.05) is 0 Å². The third-order valence-electron chi connectivity index (χ3n) is 0.357. The Bertz CT molecular complexity index is 61.2. The maximum Gasteiger partial charge on any atom is 0.332 e. The van der Waals surface area contributed by atoms with Crippen molar-refractivity contribution >= 4 is 57.4 Å². The number of hydrogen-bond acceptors (Lipinski definition) is 2. The second-order valence-corrected chi connectivity index (χ2v) is 1.01. The average Bonchev–Trinajstić information content (AvgIpc) is 1.36. The zero-order chi connectivity index (χ0) is 5.15. The van der Waals surface area contributed by atoms with Gasteiger partial charge in [0.2, 0.25) is 0 Å². The van der Waals surface area contributed by atoms with Crippen molar-refractivity contribution < 1.29 is 15.0 Å². The maximum atomic E-state index is 9.45. The van der Waals surface area contributed by atoms with E-state index in [4.69, 9.17) is 10.2 Å². The predicted molar refractivity (Wildman–Crippen MR) is 25.1 cm³/mol. The van der Waals surface area contributed by atoms with Crippen LogP contribution < -0.4 is 0 Å². The molecule has 37 valence electrons. The number of rotatable bonds is 1. The molecule has 0 unspecified atom stereocenters. The maximum absolute atomic E-state index is 9.45. The summed E-state index contributed by atoms with van der Waals surface area (Å²) in [6, 6.07) is 0. The van der Waals surface area contributed by atoms with Gasteiger partial charge in [-0.1, -0.05) is 0 Å². The van der Waals surface area contributed by atoms with Gasteiger partial charge in [-0.2, -0.15) is 0 Å². The Kier molecular flexibility index (Phi) is 8.14. The molecule has 0 spiro atoms. The van der Waals surface area contributed by atoms with Gasteiger partial charge in [0.05, 0.1) is 0 Å². The van der Waals surface area contributed by atoms with Crippen LogP contribution in [0.15, 0.2) is 0 Å². The first-order valence-electron chi connectivity index (χ1n) is 1.55. The van der Waals surface area contributed by atoms with E-state index in [1.165, 1.54) is 6.92 Å². The summed E-state index contributed by atoms with van der Waals surface area (Å²) in [5, 5.41) is 15.8. The molecule has 7 heavy (non-hydrogen) atoms. The van der Waals surface area contributed by atoms with Crippen molar-refractivity contribution in [1.82, 2.24) is 0 Å². The van der Waals surface area contributed by atoms with Gasteiger partial charge in [0.25, 0.3) is 0 Å². The summed E-state index contributed by atoms with van der Waals surface area (Å²) in [7, 11) is 0. The number of carboxylic acids is 1. The summed E-state index contributed by atoms with van der Waals surface area (Å²) in [6.07, 6.45) is -1.23. The Hall–Kier alpha value is 1.07. The Labute approximate surface area is 84.1 Å². The zero-order valence-corrected chi connectivity index (χ0v) is 7.50. The van der Waals surface area contributed by atoms with Crippen LogP contribution in [0, 0.1) is 0 Å². The van der Waals surface area contributed by atoms with Crippen LogP contribution in [0.4, 0.5) is 0 Å². The van der Waals surface area contributed by atoms with Crippen molar-refractivity contribution in [2.45, 2.75) is 13.0 Å². The molecule has 0 heterocycles. The number of aliphatic carboxylic acids is 1. The monoisotopic (exact) mass is 129 g/mol. The molecule has 0 aliphatic carbocycles. The molecule has 0 rings (SSSR count). The van der Waals surface area contributed by atoms with Crippen LogP contribution >= 0.6 is 0 Å². The molecule has 0 aromatic rings. The molecule has 4 heteroatoms. The van der Waals surface area contributed by atoms with Gasteiger partial charge in [0.1, 0.15) is 6.10 Å². The molecule has 0 aliphatic rings. The topological polar surface area (TPSA) is 57.5 Å². The predicted octanol–water partition coefficient (Wildman–Crippen LogP) is -0.929. The third kappa shape index (κ3) is 7.07. The van der Waals surface area contributed by atoms with E-state index in [1.54, 1.807) is 0 Å². The minimum absolute atomic E-state index is 0. The van der Waals surface area contributed by atoms with Gasteiger partial charge in [-0.15, -0.1) is 0 Å². The Morgan fingerprint density at radius 2 is 1.86 bits per heavy atom. The molecule has 1 radical (unpaired) electrons. The largest absolute Gasteiger partial charge is 0.479 e. The SMILES string of the molecule is C[C@H](O)C(=O)O.[K]. The molecular weight excluding hydrogens is 123 g/mol. The molecule has 0 bridgehead atoms. The summed E-state index contributed by atoms with van der Waals surface area (Å²) in [5.41, 5.74) is 0. The first-order chi connectivity index (χ1) is 2.64. The standard InChI is InChI=1S/C3H6O3.K/c1-2(4)3(5)6;/h2,4H,1H3,(H,5,6);/t2-;/m0./s1. The van der Waals surface area contributed by atoms with Crippen LogP contribution in [0.2, 0.25) is 0 Å². The fraction of sp³-hybridized carbons (Fsp3) is 0.667. The molecule has 0 saturated carbocycles. The molecule has 0 saturated heterocycles. The van der Waals surface area contributed by atoms with Crippen LogP contribution in [0.5, 0.6) is 0 Å². The quantitative estimate of drug-likeness (QED) is 0.450. The number of aliphatic hydroxyl groups is 1. The molecule has 0 fully saturated rings. The van der Waals surface area contributed by atoms with Crippen LogP contribution in [0.3, 0.4) is 0 Å². The summed E-state index contributed by atoms with van der Waals surface area (Å²) < 4.78 is 0. The molecule has 0 aromatic carbocycles. The van der Waals surface area contributed by atoms with Crippen LogP contribution in [0.25, 0.3) is 0 Å². The fourth-order valence-electron chi connectivity index (χ4n) is 0. The van der Waals surface area contributed by atoms with Crippen molar-refractivity contribution in [2.24, 2.45) is 0 Å². The molecular formula is C3H6KO3. The van der Waals surface area contributed by atoms with E-state index < -0.39 is 12.1 Å². The second-order valence-electron chi connectivity index (χ2n) is 1.01. The summed E-state index contributed by atoms with van der Waals surface area (Å²) in [6.45, 7) is 1.20. The number of aliphatic hydroxyl groups excluding tert-OH is 1. The Morgan fingerprint density at radius 3 is 1.86 bits per heavy atom. The minimum atomic E-state index is -1.23. The zero-order valence-electron chi connectivity index (χ0n) is 4.38. The summed E-state index contributed by atoms with van der Waals surface area (Å²) in [5.74, 6) is -1.19. The normalized spacial score (nSPS) is 11.7. The van der Waals surface area contributed by atoms with Crippen LogP contribution in [0.1, 0.15) is 6.92 Å². The molecule has 0 aromatic heterocycles. The molecule has 0 amide bonds. The number of carbonyl (C=O) groups is 1.